The van der Waals surface area contributed by atoms with Crippen LogP contribution in [0.3, 0.4) is 0 Å². The van der Waals surface area contributed by atoms with Crippen LogP contribution in [0.15, 0.2) is 0 Å². The maximum atomic E-state index is 2.56. The van der Waals surface area contributed by atoms with E-state index in [9.17, 15) is 0 Å². The van der Waals surface area contributed by atoms with Crippen LogP contribution in [0.5, 0.6) is 0 Å². The van der Waals surface area contributed by atoms with E-state index < -0.39 is 0 Å². The fourth-order valence-corrected chi connectivity index (χ4v) is 6.84. The van der Waals surface area contributed by atoms with Crippen molar-refractivity contribution in [3.8, 4) is 0 Å². The highest BCUT2D eigenvalue weighted by molar-refractivity contribution is 4.70. The standard InChI is InChI=1S/3C9H18.C8H17N/c4*1-8(2)9-6-4-3-5-7-9/h3*8-9H,3-7H2,1-2H3;8H,3-7H2,1-2H3. The summed E-state index contributed by atoms with van der Waals surface area (Å²) in [5.74, 6) is 5.97. The van der Waals surface area contributed by atoms with E-state index in [2.05, 4.69) is 60.3 Å². The number of rotatable bonds is 4. The summed E-state index contributed by atoms with van der Waals surface area (Å²) in [5.41, 5.74) is 0. The normalized spacial score (nSPS) is 23.0. The topological polar surface area (TPSA) is 3.24 Å². The van der Waals surface area contributed by atoms with E-state index in [1.54, 1.807) is 0 Å². The predicted molar refractivity (Wildman–Crippen MR) is 165 cm³/mol. The van der Waals surface area contributed by atoms with Gasteiger partial charge in [0, 0.05) is 6.04 Å². The van der Waals surface area contributed by atoms with Gasteiger partial charge >= 0.3 is 0 Å². The summed E-state index contributed by atoms with van der Waals surface area (Å²) in [7, 11) is 0. The minimum Gasteiger partial charge on any atom is -0.301 e. The van der Waals surface area contributed by atoms with Crippen LogP contribution in [0, 0.1) is 35.5 Å². The Kier molecular flexibility index (Phi) is 19.7. The van der Waals surface area contributed by atoms with E-state index >= 15 is 0 Å². The number of piperidine rings is 1. The SMILES string of the molecule is CC(C)C1CCCCC1.CC(C)C1CCCCC1.CC(C)C1CCCCC1.CC(C)N1CCCCC1. The summed E-state index contributed by atoms with van der Waals surface area (Å²) in [4.78, 5) is 2.56. The van der Waals surface area contributed by atoms with Gasteiger partial charge in [-0.25, -0.2) is 0 Å². The van der Waals surface area contributed by atoms with Gasteiger partial charge in [-0.3, -0.25) is 0 Å². The average Bonchev–Trinajstić information content (AvgIpc) is 2.92. The molecule has 4 fully saturated rings. The molecule has 1 saturated heterocycles. The fourth-order valence-electron chi connectivity index (χ4n) is 6.84. The van der Waals surface area contributed by atoms with Gasteiger partial charge in [-0.1, -0.05) is 144 Å². The molecule has 216 valence electrons. The first-order valence-electron chi connectivity index (χ1n) is 17.0. The van der Waals surface area contributed by atoms with Crippen molar-refractivity contribution in [3.63, 3.8) is 0 Å². The summed E-state index contributed by atoms with van der Waals surface area (Å²) in [6.07, 6.45) is 26.7. The lowest BCUT2D eigenvalue weighted by Gasteiger charge is -2.29. The minimum atomic E-state index is 0.769. The Balaban J connectivity index is 0.000000240. The molecule has 0 aromatic heterocycles. The number of hydrogen-bond donors (Lipinski definition) is 0. The van der Waals surface area contributed by atoms with Crippen molar-refractivity contribution in [1.29, 1.82) is 0 Å². The molecular formula is C35H71N. The molecule has 3 aliphatic carbocycles. The molecule has 1 heterocycles. The number of nitrogens with zero attached hydrogens (tertiary/aromatic N) is 1. The lowest BCUT2D eigenvalue weighted by Crippen LogP contribution is -2.35. The van der Waals surface area contributed by atoms with Gasteiger partial charge in [0.15, 0.2) is 0 Å². The van der Waals surface area contributed by atoms with Crippen molar-refractivity contribution >= 4 is 0 Å². The van der Waals surface area contributed by atoms with Crippen LogP contribution >= 0.6 is 0 Å². The van der Waals surface area contributed by atoms with Crippen LogP contribution in [0.25, 0.3) is 0 Å². The molecule has 0 aromatic rings. The van der Waals surface area contributed by atoms with Gasteiger partial charge in [-0.05, 0) is 75.3 Å². The molecule has 4 rings (SSSR count). The van der Waals surface area contributed by atoms with E-state index in [0.29, 0.717) is 0 Å². The Bertz CT molecular complexity index is 367. The molecule has 0 bridgehead atoms. The predicted octanol–water partition coefficient (Wildman–Crippen LogP) is 11.5. The van der Waals surface area contributed by atoms with Gasteiger partial charge in [0.05, 0.1) is 0 Å². The molecule has 4 aliphatic rings. The van der Waals surface area contributed by atoms with E-state index in [0.717, 1.165) is 41.5 Å². The molecule has 1 aliphatic heterocycles. The molecule has 36 heavy (non-hydrogen) atoms. The van der Waals surface area contributed by atoms with Crippen LogP contribution in [0.4, 0.5) is 0 Å². The van der Waals surface area contributed by atoms with E-state index in [4.69, 9.17) is 0 Å². The van der Waals surface area contributed by atoms with E-state index in [-0.39, 0.29) is 0 Å². The first-order chi connectivity index (χ1) is 17.2. The molecular weight excluding hydrogens is 434 g/mol. The van der Waals surface area contributed by atoms with Gasteiger partial charge in [-0.2, -0.15) is 0 Å². The summed E-state index contributed by atoms with van der Waals surface area (Å²) < 4.78 is 0. The monoisotopic (exact) mass is 506 g/mol. The van der Waals surface area contributed by atoms with Crippen LogP contribution < -0.4 is 0 Å². The van der Waals surface area contributed by atoms with Crippen molar-refractivity contribution in [1.82, 2.24) is 4.90 Å². The van der Waals surface area contributed by atoms with Crippen LogP contribution in [-0.4, -0.2) is 24.0 Å². The van der Waals surface area contributed by atoms with E-state index in [1.807, 2.05) is 0 Å². The molecule has 3 saturated carbocycles. The van der Waals surface area contributed by atoms with Gasteiger partial charge < -0.3 is 4.90 Å². The van der Waals surface area contributed by atoms with Gasteiger partial charge in [0.25, 0.3) is 0 Å². The summed E-state index contributed by atoms with van der Waals surface area (Å²) in [6, 6.07) is 0.769. The molecule has 0 amide bonds. The molecule has 0 N–H and O–H groups in total. The highest BCUT2D eigenvalue weighted by Gasteiger charge is 2.17. The Morgan fingerprint density at radius 1 is 0.361 bits per heavy atom. The maximum absolute atomic E-state index is 2.56. The van der Waals surface area contributed by atoms with Crippen LogP contribution in [0.2, 0.25) is 0 Å². The molecule has 1 nitrogen and oxygen atoms in total. The molecule has 0 atom stereocenters. The van der Waals surface area contributed by atoms with Crippen LogP contribution in [0.1, 0.15) is 171 Å². The molecule has 1 heteroatoms. The summed E-state index contributed by atoms with van der Waals surface area (Å²) in [5, 5.41) is 0. The molecule has 0 unspecified atom stereocenters. The molecule has 0 radical (unpaired) electrons. The van der Waals surface area contributed by atoms with Crippen molar-refractivity contribution in [2.24, 2.45) is 35.5 Å². The highest BCUT2D eigenvalue weighted by Crippen LogP contribution is 2.30. The summed E-state index contributed by atoms with van der Waals surface area (Å²) in [6.45, 7) is 21.4. The average molecular weight is 506 g/mol. The quantitative estimate of drug-likeness (QED) is 0.367. The van der Waals surface area contributed by atoms with Gasteiger partial charge in [-0.15, -0.1) is 0 Å². The zero-order valence-electron chi connectivity index (χ0n) is 26.6. The Morgan fingerprint density at radius 3 is 0.778 bits per heavy atom. The van der Waals surface area contributed by atoms with Crippen molar-refractivity contribution in [2.45, 2.75) is 177 Å². The Morgan fingerprint density at radius 2 is 0.611 bits per heavy atom. The van der Waals surface area contributed by atoms with Crippen LogP contribution in [-0.2, 0) is 0 Å². The van der Waals surface area contributed by atoms with Gasteiger partial charge in [0.1, 0.15) is 0 Å². The minimum absolute atomic E-state index is 0.769. The van der Waals surface area contributed by atoms with Crippen molar-refractivity contribution in [3.05, 3.63) is 0 Å². The molecule has 0 spiro atoms. The first-order valence-corrected chi connectivity index (χ1v) is 17.0. The first kappa shape index (κ1) is 34.0. The second-order valence-electron chi connectivity index (χ2n) is 14.1. The fraction of sp³-hybridized carbons (Fsp3) is 1.00. The zero-order chi connectivity index (χ0) is 26.8. The number of likely N-dealkylation sites (tertiary alicyclic amines) is 1. The highest BCUT2D eigenvalue weighted by atomic mass is 15.1. The molecule has 0 aromatic carbocycles. The second kappa shape index (κ2) is 20.9. The Labute approximate surface area is 230 Å². The van der Waals surface area contributed by atoms with Crippen molar-refractivity contribution < 1.29 is 0 Å². The lowest BCUT2D eigenvalue weighted by molar-refractivity contribution is 0.185. The summed E-state index contributed by atoms with van der Waals surface area (Å²) >= 11 is 0. The van der Waals surface area contributed by atoms with Gasteiger partial charge in [0.2, 0.25) is 0 Å². The second-order valence-corrected chi connectivity index (χ2v) is 14.1. The third-order valence-electron chi connectivity index (χ3n) is 9.90. The smallest absolute Gasteiger partial charge is 0.00385 e. The maximum Gasteiger partial charge on any atom is 0.00385 e. The lowest BCUT2D eigenvalue weighted by atomic mass is 9.82. The number of hydrogen-bond acceptors (Lipinski definition) is 1. The zero-order valence-corrected chi connectivity index (χ0v) is 26.6. The Hall–Kier alpha value is -0.0400. The largest absolute Gasteiger partial charge is 0.301 e. The third kappa shape index (κ3) is 16.0. The van der Waals surface area contributed by atoms with E-state index in [1.165, 1.54) is 129 Å². The third-order valence-corrected chi connectivity index (χ3v) is 9.90. The van der Waals surface area contributed by atoms with Crippen molar-refractivity contribution in [2.75, 3.05) is 13.1 Å².